The molecule has 2 unspecified atom stereocenters. The fourth-order valence-electron chi connectivity index (χ4n) is 2.86. The van der Waals surface area contributed by atoms with Crippen LogP contribution in [0.2, 0.25) is 0 Å². The molecule has 4 heteroatoms. The molecular weight excluding hydrogens is 292 g/mol. The minimum Gasteiger partial charge on any atom is -0.478 e. The van der Waals surface area contributed by atoms with Gasteiger partial charge in [-0.05, 0) is 28.3 Å². The first-order valence-corrected chi connectivity index (χ1v) is 7.88. The van der Waals surface area contributed by atoms with Gasteiger partial charge in [-0.2, -0.15) is 0 Å². The van der Waals surface area contributed by atoms with E-state index in [0.29, 0.717) is 17.8 Å². The number of aromatic carboxylic acids is 1. The number of benzene rings is 2. The van der Waals surface area contributed by atoms with E-state index in [1.54, 1.807) is 6.07 Å². The molecule has 2 aromatic carbocycles. The summed E-state index contributed by atoms with van der Waals surface area (Å²) in [6.45, 7) is 1.64. The van der Waals surface area contributed by atoms with Crippen LogP contribution in [-0.4, -0.2) is 36.5 Å². The Kier molecular flexibility index (Phi) is 3.63. The second kappa shape index (κ2) is 5.80. The number of epoxide rings is 2. The lowest BCUT2D eigenvalue weighted by molar-refractivity contribution is 0.0697. The molecule has 0 spiro atoms. The van der Waals surface area contributed by atoms with Crippen LogP contribution in [0.3, 0.4) is 0 Å². The fraction of sp³-hybridized carbons (Fsp3) is 0.316. The summed E-state index contributed by atoms with van der Waals surface area (Å²) in [6, 6.07) is 13.7. The maximum atomic E-state index is 11.5. The van der Waals surface area contributed by atoms with Crippen LogP contribution in [0.4, 0.5) is 0 Å². The van der Waals surface area contributed by atoms with E-state index in [1.165, 1.54) is 5.56 Å². The van der Waals surface area contributed by atoms with Crippen molar-refractivity contribution >= 4 is 5.97 Å². The van der Waals surface area contributed by atoms with E-state index in [2.05, 4.69) is 12.1 Å². The van der Waals surface area contributed by atoms with Crippen LogP contribution in [0.25, 0.3) is 11.1 Å². The van der Waals surface area contributed by atoms with Gasteiger partial charge in [0.2, 0.25) is 0 Å². The van der Waals surface area contributed by atoms with Gasteiger partial charge in [-0.1, -0.05) is 36.4 Å². The van der Waals surface area contributed by atoms with Crippen LogP contribution in [0.5, 0.6) is 0 Å². The Labute approximate surface area is 134 Å². The number of rotatable bonds is 6. The minimum atomic E-state index is -0.898. The molecule has 1 N–H and O–H groups in total. The number of carboxylic acids is 1. The van der Waals surface area contributed by atoms with Gasteiger partial charge in [0, 0.05) is 12.8 Å². The average molecular weight is 310 g/mol. The number of carboxylic acid groups (broad SMARTS) is 1. The van der Waals surface area contributed by atoms with Crippen LogP contribution < -0.4 is 0 Å². The predicted molar refractivity (Wildman–Crippen MR) is 85.7 cm³/mol. The minimum absolute atomic E-state index is 0.291. The molecule has 0 aromatic heterocycles. The molecule has 0 aliphatic carbocycles. The molecule has 2 atom stereocenters. The van der Waals surface area contributed by atoms with E-state index in [9.17, 15) is 9.90 Å². The van der Waals surface area contributed by atoms with Crippen LogP contribution in [-0.2, 0) is 22.3 Å². The third-order valence-electron chi connectivity index (χ3n) is 4.31. The first-order valence-electron chi connectivity index (χ1n) is 7.88. The molecule has 23 heavy (non-hydrogen) atoms. The number of ether oxygens (including phenoxy) is 2. The molecule has 2 saturated heterocycles. The van der Waals surface area contributed by atoms with Gasteiger partial charge >= 0.3 is 5.97 Å². The largest absolute Gasteiger partial charge is 0.478 e. The summed E-state index contributed by atoms with van der Waals surface area (Å²) >= 11 is 0. The van der Waals surface area contributed by atoms with E-state index in [-0.39, 0.29) is 0 Å². The molecule has 0 saturated carbocycles. The Hall–Kier alpha value is -2.17. The van der Waals surface area contributed by atoms with Gasteiger partial charge < -0.3 is 14.6 Å². The Morgan fingerprint density at radius 3 is 2.09 bits per heavy atom. The van der Waals surface area contributed by atoms with Crippen LogP contribution in [0.1, 0.15) is 21.5 Å². The van der Waals surface area contributed by atoms with Crippen molar-refractivity contribution in [2.45, 2.75) is 25.0 Å². The third kappa shape index (κ3) is 3.44. The van der Waals surface area contributed by atoms with Gasteiger partial charge in [-0.25, -0.2) is 4.79 Å². The quantitative estimate of drug-likeness (QED) is 0.833. The third-order valence-corrected chi connectivity index (χ3v) is 4.31. The van der Waals surface area contributed by atoms with Crippen molar-refractivity contribution in [3.05, 3.63) is 59.2 Å². The van der Waals surface area contributed by atoms with Crippen LogP contribution >= 0.6 is 0 Å². The Morgan fingerprint density at radius 1 is 0.957 bits per heavy atom. The lowest BCUT2D eigenvalue weighted by atomic mass is 9.94. The molecule has 2 fully saturated rings. The maximum absolute atomic E-state index is 11.5. The first-order chi connectivity index (χ1) is 11.2. The summed E-state index contributed by atoms with van der Waals surface area (Å²) in [5, 5.41) is 9.45. The highest BCUT2D eigenvalue weighted by Crippen LogP contribution is 2.28. The molecule has 4 nitrogen and oxygen atoms in total. The van der Waals surface area contributed by atoms with E-state index >= 15 is 0 Å². The van der Waals surface area contributed by atoms with Gasteiger partial charge in [0.05, 0.1) is 31.0 Å². The molecule has 2 aromatic rings. The topological polar surface area (TPSA) is 62.4 Å². The van der Waals surface area contributed by atoms with Crippen molar-refractivity contribution in [3.8, 4) is 11.1 Å². The number of hydrogen-bond acceptors (Lipinski definition) is 3. The highest BCUT2D eigenvalue weighted by atomic mass is 16.6. The van der Waals surface area contributed by atoms with Crippen molar-refractivity contribution in [1.82, 2.24) is 0 Å². The first kappa shape index (κ1) is 14.4. The smallest absolute Gasteiger partial charge is 0.336 e. The second-order valence-corrected chi connectivity index (χ2v) is 6.20. The molecular formula is C19H18O4. The molecule has 0 radical (unpaired) electrons. The van der Waals surface area contributed by atoms with E-state index < -0.39 is 5.97 Å². The lowest BCUT2D eigenvalue weighted by Gasteiger charge is -2.10. The van der Waals surface area contributed by atoms with E-state index in [0.717, 1.165) is 42.7 Å². The molecule has 0 amide bonds. The normalized spacial score (nSPS) is 21.9. The highest BCUT2D eigenvalue weighted by Gasteiger charge is 2.24. The molecule has 2 aliphatic rings. The zero-order valence-corrected chi connectivity index (χ0v) is 12.7. The molecule has 2 aliphatic heterocycles. The van der Waals surface area contributed by atoms with E-state index in [4.69, 9.17) is 9.47 Å². The summed E-state index contributed by atoms with van der Waals surface area (Å²) in [4.78, 5) is 11.5. The van der Waals surface area contributed by atoms with Crippen LogP contribution in [0.15, 0.2) is 42.5 Å². The monoisotopic (exact) mass is 310 g/mol. The molecule has 0 bridgehead atoms. The summed E-state index contributed by atoms with van der Waals surface area (Å²) in [7, 11) is 0. The van der Waals surface area contributed by atoms with Gasteiger partial charge in [-0.15, -0.1) is 0 Å². The van der Waals surface area contributed by atoms with Crippen molar-refractivity contribution in [3.63, 3.8) is 0 Å². The second-order valence-electron chi connectivity index (χ2n) is 6.20. The highest BCUT2D eigenvalue weighted by molar-refractivity contribution is 5.96. The summed E-state index contributed by atoms with van der Waals surface area (Å²) in [6.07, 6.45) is 2.41. The Balaban J connectivity index is 1.64. The predicted octanol–water partition coefficient (Wildman–Crippen LogP) is 2.93. The Bertz CT molecular complexity index is 728. The summed E-state index contributed by atoms with van der Waals surface area (Å²) in [5.41, 5.74) is 4.37. The van der Waals surface area contributed by atoms with Gasteiger partial charge in [0.25, 0.3) is 0 Å². The van der Waals surface area contributed by atoms with Crippen molar-refractivity contribution in [2.24, 2.45) is 0 Å². The van der Waals surface area contributed by atoms with Gasteiger partial charge in [0.1, 0.15) is 0 Å². The molecule has 118 valence electrons. The zero-order valence-electron chi connectivity index (χ0n) is 12.7. The summed E-state index contributed by atoms with van der Waals surface area (Å²) in [5.74, 6) is -0.898. The van der Waals surface area contributed by atoms with Crippen molar-refractivity contribution < 1.29 is 19.4 Å². The number of carbonyl (C=O) groups is 1. The van der Waals surface area contributed by atoms with E-state index in [1.807, 2.05) is 24.3 Å². The van der Waals surface area contributed by atoms with Gasteiger partial charge in [-0.3, -0.25) is 0 Å². The molecule has 2 heterocycles. The fourth-order valence-corrected chi connectivity index (χ4v) is 2.86. The Morgan fingerprint density at radius 2 is 1.52 bits per heavy atom. The SMILES string of the molecule is O=C(O)c1ccc(CC2CO2)cc1-c1ccc(CC2CO2)cc1. The van der Waals surface area contributed by atoms with Gasteiger partial charge in [0.15, 0.2) is 0 Å². The number of hydrogen-bond donors (Lipinski definition) is 1. The van der Waals surface area contributed by atoms with Crippen molar-refractivity contribution in [1.29, 1.82) is 0 Å². The van der Waals surface area contributed by atoms with Crippen molar-refractivity contribution in [2.75, 3.05) is 13.2 Å². The average Bonchev–Trinajstić information content (AvgIpc) is 3.44. The van der Waals surface area contributed by atoms with Crippen LogP contribution in [0, 0.1) is 0 Å². The zero-order chi connectivity index (χ0) is 15.8. The lowest BCUT2D eigenvalue weighted by Crippen LogP contribution is -2.02. The maximum Gasteiger partial charge on any atom is 0.336 e. The molecule has 4 rings (SSSR count). The summed E-state index contributed by atoms with van der Waals surface area (Å²) < 4.78 is 10.5. The standard InChI is InChI=1S/C19H18O4/c20-19(21)17-6-3-13(8-16-11-23-16)9-18(17)14-4-1-12(2-5-14)7-15-10-22-15/h1-6,9,15-16H,7-8,10-11H2,(H,20,21).